The Morgan fingerprint density at radius 2 is 1.79 bits per heavy atom. The predicted molar refractivity (Wildman–Crippen MR) is 117 cm³/mol. The van der Waals surface area contributed by atoms with E-state index in [1.165, 1.54) is 22.0 Å². The van der Waals surface area contributed by atoms with Crippen LogP contribution in [-0.4, -0.2) is 29.0 Å². The van der Waals surface area contributed by atoms with Gasteiger partial charge in [-0.1, -0.05) is 36.4 Å². The highest BCUT2D eigenvalue weighted by Gasteiger charge is 2.05. The average molecular weight is 371 g/mol. The smallest absolute Gasteiger partial charge is 0.191 e. The minimum absolute atomic E-state index is 0.617. The third-order valence-corrected chi connectivity index (χ3v) is 4.85. The van der Waals surface area contributed by atoms with Crippen LogP contribution in [0.2, 0.25) is 0 Å². The summed E-state index contributed by atoms with van der Waals surface area (Å²) in [5.41, 5.74) is 4.69. The Kier molecular flexibility index (Phi) is 5.52. The van der Waals surface area contributed by atoms with Crippen molar-refractivity contribution >= 4 is 27.8 Å². The van der Waals surface area contributed by atoms with E-state index in [1.807, 2.05) is 30.5 Å². The Hall–Kier alpha value is -3.34. The minimum atomic E-state index is 0.617. The van der Waals surface area contributed by atoms with Gasteiger partial charge in [-0.15, -0.1) is 0 Å². The molecule has 0 amide bonds. The predicted octanol–water partition coefficient (Wildman–Crippen LogP) is 4.01. The maximum Gasteiger partial charge on any atom is 0.191 e. The Morgan fingerprint density at radius 1 is 0.964 bits per heavy atom. The van der Waals surface area contributed by atoms with Crippen LogP contribution in [0.4, 0.5) is 0 Å². The van der Waals surface area contributed by atoms with E-state index in [4.69, 9.17) is 4.99 Å². The molecule has 0 aliphatic carbocycles. The first-order chi connectivity index (χ1) is 13.8. The van der Waals surface area contributed by atoms with Gasteiger partial charge in [0.25, 0.3) is 0 Å². The van der Waals surface area contributed by atoms with Crippen LogP contribution >= 0.6 is 0 Å². The quantitative estimate of drug-likeness (QED) is 0.354. The van der Waals surface area contributed by atoms with Crippen LogP contribution in [0, 0.1) is 0 Å². The fourth-order valence-corrected chi connectivity index (χ4v) is 3.45. The number of hydrogen-bond acceptors (Lipinski definition) is 2. The Balaban J connectivity index is 1.43. The van der Waals surface area contributed by atoms with Gasteiger partial charge in [-0.05, 0) is 42.7 Å². The average Bonchev–Trinajstić information content (AvgIpc) is 3.15. The fourth-order valence-electron chi connectivity index (χ4n) is 3.45. The lowest BCUT2D eigenvalue weighted by Gasteiger charge is -2.11. The number of aromatic nitrogens is 2. The molecule has 0 saturated heterocycles. The van der Waals surface area contributed by atoms with E-state index in [1.54, 1.807) is 0 Å². The molecule has 0 aliphatic rings. The lowest BCUT2D eigenvalue weighted by Crippen LogP contribution is -2.38. The molecule has 5 heteroatoms. The summed E-state index contributed by atoms with van der Waals surface area (Å²) in [5.74, 6) is 0.836. The highest BCUT2D eigenvalue weighted by Crippen LogP contribution is 2.18. The van der Waals surface area contributed by atoms with Gasteiger partial charge in [-0.3, -0.25) is 4.98 Å². The Bertz CT molecular complexity index is 1090. The molecule has 0 bridgehead atoms. The van der Waals surface area contributed by atoms with Gasteiger partial charge in [0, 0.05) is 41.8 Å². The van der Waals surface area contributed by atoms with Crippen molar-refractivity contribution in [3.05, 3.63) is 78.1 Å². The summed E-state index contributed by atoms with van der Waals surface area (Å²) < 4.78 is 0. The Morgan fingerprint density at radius 3 is 2.68 bits per heavy atom. The van der Waals surface area contributed by atoms with Crippen LogP contribution in [0.15, 0.2) is 72.0 Å². The number of nitrogens with zero attached hydrogens (tertiary/aromatic N) is 2. The van der Waals surface area contributed by atoms with Gasteiger partial charge in [0.2, 0.25) is 0 Å². The topological polar surface area (TPSA) is 65.1 Å². The molecule has 2 aromatic heterocycles. The molecule has 2 aromatic carbocycles. The molecule has 4 aromatic rings. The number of aromatic amines is 1. The number of nitrogens with one attached hydrogen (secondary N) is 3. The maximum atomic E-state index is 4.77. The molecule has 0 spiro atoms. The molecule has 28 heavy (non-hydrogen) atoms. The number of fused-ring (bicyclic) bond motifs is 2. The Labute approximate surface area is 164 Å². The largest absolute Gasteiger partial charge is 0.361 e. The van der Waals surface area contributed by atoms with Crippen molar-refractivity contribution in [1.82, 2.24) is 20.6 Å². The number of benzene rings is 2. The van der Waals surface area contributed by atoms with Crippen LogP contribution in [0.1, 0.15) is 18.1 Å². The molecule has 5 nitrogen and oxygen atoms in total. The number of aliphatic imine (C=N–C) groups is 1. The second kappa shape index (κ2) is 8.57. The number of pyridine rings is 1. The molecular formula is C23H25N5. The second-order valence-corrected chi connectivity index (χ2v) is 6.72. The van der Waals surface area contributed by atoms with Crippen molar-refractivity contribution in [3.63, 3.8) is 0 Å². The monoisotopic (exact) mass is 371 g/mol. The summed E-state index contributed by atoms with van der Waals surface area (Å²) in [6.45, 7) is 4.35. The van der Waals surface area contributed by atoms with Gasteiger partial charge in [0.05, 0.1) is 12.1 Å². The first kappa shape index (κ1) is 18.0. The van der Waals surface area contributed by atoms with E-state index < -0.39 is 0 Å². The summed E-state index contributed by atoms with van der Waals surface area (Å²) >= 11 is 0. The second-order valence-electron chi connectivity index (χ2n) is 6.72. The zero-order chi connectivity index (χ0) is 19.2. The molecule has 142 valence electrons. The molecule has 2 heterocycles. The van der Waals surface area contributed by atoms with Crippen LogP contribution in [0.5, 0.6) is 0 Å². The third-order valence-electron chi connectivity index (χ3n) is 4.85. The van der Waals surface area contributed by atoms with Crippen LogP contribution < -0.4 is 10.6 Å². The summed E-state index contributed by atoms with van der Waals surface area (Å²) in [7, 11) is 0. The fraction of sp³-hybridized carbons (Fsp3) is 0.217. The number of H-pyrrole nitrogens is 1. The molecule has 4 rings (SSSR count). The molecule has 0 aliphatic heterocycles. The first-order valence-corrected chi connectivity index (χ1v) is 9.75. The maximum absolute atomic E-state index is 4.77. The lowest BCUT2D eigenvalue weighted by molar-refractivity contribution is 0.802. The highest BCUT2D eigenvalue weighted by atomic mass is 15.2. The molecule has 0 unspecified atom stereocenters. The van der Waals surface area contributed by atoms with E-state index in [0.717, 1.165) is 36.4 Å². The van der Waals surface area contributed by atoms with Crippen molar-refractivity contribution in [3.8, 4) is 0 Å². The lowest BCUT2D eigenvalue weighted by atomic mass is 10.1. The van der Waals surface area contributed by atoms with Crippen molar-refractivity contribution in [1.29, 1.82) is 0 Å². The van der Waals surface area contributed by atoms with Gasteiger partial charge in [0.15, 0.2) is 5.96 Å². The molecule has 0 radical (unpaired) electrons. The number of para-hydroxylation sites is 2. The van der Waals surface area contributed by atoms with Gasteiger partial charge in [-0.2, -0.15) is 0 Å². The van der Waals surface area contributed by atoms with Gasteiger partial charge >= 0.3 is 0 Å². The minimum Gasteiger partial charge on any atom is -0.361 e. The number of rotatable bonds is 6. The van der Waals surface area contributed by atoms with Crippen LogP contribution in [-0.2, 0) is 13.0 Å². The van der Waals surface area contributed by atoms with E-state index in [0.29, 0.717) is 6.54 Å². The van der Waals surface area contributed by atoms with E-state index in [9.17, 15) is 0 Å². The van der Waals surface area contributed by atoms with Gasteiger partial charge in [-0.25, -0.2) is 4.99 Å². The molecule has 0 saturated carbocycles. The third kappa shape index (κ3) is 3.98. The van der Waals surface area contributed by atoms with Crippen molar-refractivity contribution in [2.45, 2.75) is 19.9 Å². The van der Waals surface area contributed by atoms with Crippen LogP contribution in [0.3, 0.4) is 0 Å². The highest BCUT2D eigenvalue weighted by molar-refractivity contribution is 5.84. The van der Waals surface area contributed by atoms with Crippen LogP contribution in [0.25, 0.3) is 21.8 Å². The number of hydrogen-bond donors (Lipinski definition) is 3. The zero-order valence-electron chi connectivity index (χ0n) is 16.1. The number of guanidine groups is 1. The van der Waals surface area contributed by atoms with Crippen molar-refractivity contribution < 1.29 is 0 Å². The van der Waals surface area contributed by atoms with E-state index in [-0.39, 0.29) is 0 Å². The summed E-state index contributed by atoms with van der Waals surface area (Å²) in [6.07, 6.45) is 4.89. The molecular weight excluding hydrogens is 346 g/mol. The van der Waals surface area contributed by atoms with Gasteiger partial charge in [0.1, 0.15) is 0 Å². The SMILES string of the molecule is CCNC(=NCc1ccnc2ccccc12)NCCc1c[nH]c2ccccc12. The summed E-state index contributed by atoms with van der Waals surface area (Å²) in [5, 5.41) is 9.23. The summed E-state index contributed by atoms with van der Waals surface area (Å²) in [6, 6.07) is 18.6. The molecule has 3 N–H and O–H groups in total. The standard InChI is InChI=1S/C23H25N5/c1-2-24-23(26-14-12-17-15-27-22-10-6-4-8-20(17)22)28-16-18-11-13-25-21-9-5-3-7-19(18)21/h3-11,13,15,27H,2,12,14,16H2,1H3,(H2,24,26,28). The van der Waals surface area contributed by atoms with Gasteiger partial charge < -0.3 is 15.6 Å². The van der Waals surface area contributed by atoms with Crippen molar-refractivity contribution in [2.24, 2.45) is 4.99 Å². The molecule has 0 fully saturated rings. The van der Waals surface area contributed by atoms with E-state index >= 15 is 0 Å². The normalized spacial score (nSPS) is 11.8. The summed E-state index contributed by atoms with van der Waals surface area (Å²) in [4.78, 5) is 12.5. The zero-order valence-corrected chi connectivity index (χ0v) is 16.1. The van der Waals surface area contributed by atoms with E-state index in [2.05, 4.69) is 64.1 Å². The molecule has 0 atom stereocenters. The first-order valence-electron chi connectivity index (χ1n) is 9.75. The van der Waals surface area contributed by atoms with Crippen molar-refractivity contribution in [2.75, 3.05) is 13.1 Å².